The lowest BCUT2D eigenvalue weighted by Gasteiger charge is -2.29. The third-order valence-electron chi connectivity index (χ3n) is 6.26. The van der Waals surface area contributed by atoms with Gasteiger partial charge in [-0.25, -0.2) is 0 Å². The lowest BCUT2D eigenvalue weighted by atomic mass is 9.70. The minimum atomic E-state index is -1.16. The van der Waals surface area contributed by atoms with Gasteiger partial charge >= 0.3 is 11.9 Å². The first-order valence-corrected chi connectivity index (χ1v) is 11.4. The molecular weight excluding hydrogens is 454 g/mol. The first-order valence-electron chi connectivity index (χ1n) is 11.0. The molecule has 1 aliphatic heterocycles. The molecule has 172 valence electrons. The van der Waals surface area contributed by atoms with Gasteiger partial charge in [0.15, 0.2) is 0 Å². The number of ether oxygens (including phenoxy) is 2. The Kier molecular flexibility index (Phi) is 5.41. The third-order valence-corrected chi connectivity index (χ3v) is 6.59. The summed E-state index contributed by atoms with van der Waals surface area (Å²) in [6, 6.07) is 17.6. The summed E-state index contributed by atoms with van der Waals surface area (Å²) in [5, 5.41) is 3.76. The standard InChI is InChI=1S/C27H22ClNO5/c1-15(30)33-20-9-5-18(6-10-20)27(19-7-11-21(12-8-19)34-16(2)31)22-13-14-23(28)24(17-3-4-17)25(22)29-26(27)32/h5-14,17H,3-4H2,1-2H3,(H,29,32). The molecule has 1 fully saturated rings. The molecular formula is C27H22ClNO5. The van der Waals surface area contributed by atoms with Crippen molar-refractivity contribution in [2.24, 2.45) is 0 Å². The Balaban J connectivity index is 1.71. The van der Waals surface area contributed by atoms with Crippen molar-refractivity contribution in [1.29, 1.82) is 0 Å². The van der Waals surface area contributed by atoms with Gasteiger partial charge < -0.3 is 14.8 Å². The molecule has 1 amide bonds. The molecule has 0 saturated heterocycles. The van der Waals surface area contributed by atoms with Crippen molar-refractivity contribution in [1.82, 2.24) is 0 Å². The summed E-state index contributed by atoms with van der Waals surface area (Å²) < 4.78 is 10.4. The normalized spacial score (nSPS) is 15.9. The first kappa shape index (κ1) is 22.2. The second kappa shape index (κ2) is 8.29. The minimum Gasteiger partial charge on any atom is -0.427 e. The Morgan fingerprint density at radius 2 is 1.35 bits per heavy atom. The Bertz CT molecular complexity index is 1250. The van der Waals surface area contributed by atoms with Crippen LogP contribution in [0.4, 0.5) is 5.69 Å². The number of amides is 1. The molecule has 6 nitrogen and oxygen atoms in total. The van der Waals surface area contributed by atoms with Crippen LogP contribution in [0, 0.1) is 0 Å². The lowest BCUT2D eigenvalue weighted by molar-refractivity contribution is -0.132. The number of hydrogen-bond donors (Lipinski definition) is 1. The van der Waals surface area contributed by atoms with Gasteiger partial charge in [0.2, 0.25) is 5.91 Å². The monoisotopic (exact) mass is 475 g/mol. The molecule has 1 heterocycles. The molecule has 0 unspecified atom stereocenters. The van der Waals surface area contributed by atoms with Crippen LogP contribution in [0.5, 0.6) is 11.5 Å². The summed E-state index contributed by atoms with van der Waals surface area (Å²) in [5.41, 5.74) is 2.81. The molecule has 0 spiro atoms. The molecule has 0 radical (unpaired) electrons. The fourth-order valence-corrected chi connectivity index (χ4v) is 5.07. The summed E-state index contributed by atoms with van der Waals surface area (Å²) in [6.07, 6.45) is 2.07. The van der Waals surface area contributed by atoms with Gasteiger partial charge in [0.05, 0.1) is 5.69 Å². The first-order chi connectivity index (χ1) is 16.3. The van der Waals surface area contributed by atoms with Gasteiger partial charge in [0.1, 0.15) is 16.9 Å². The Morgan fingerprint density at radius 1 is 0.853 bits per heavy atom. The van der Waals surface area contributed by atoms with E-state index >= 15 is 0 Å². The zero-order chi connectivity index (χ0) is 24.0. The van der Waals surface area contributed by atoms with Crippen molar-refractivity contribution in [2.75, 3.05) is 5.32 Å². The molecule has 3 aromatic carbocycles. The topological polar surface area (TPSA) is 81.7 Å². The summed E-state index contributed by atoms with van der Waals surface area (Å²) in [7, 11) is 0. The molecule has 1 N–H and O–H groups in total. The van der Waals surface area contributed by atoms with Crippen LogP contribution in [0.25, 0.3) is 0 Å². The van der Waals surface area contributed by atoms with E-state index in [0.717, 1.165) is 29.7 Å². The maximum atomic E-state index is 13.9. The third kappa shape index (κ3) is 3.64. The molecule has 3 aromatic rings. The summed E-state index contributed by atoms with van der Waals surface area (Å²) in [5.74, 6) is 0.0748. The molecule has 2 aliphatic rings. The van der Waals surface area contributed by atoms with Gasteiger partial charge in [0, 0.05) is 24.4 Å². The molecule has 0 bridgehead atoms. The SMILES string of the molecule is CC(=O)Oc1ccc(C2(c3ccc(OC(C)=O)cc3)C(=O)Nc3c2ccc(Cl)c3C2CC2)cc1. The number of hydrogen-bond acceptors (Lipinski definition) is 5. The average Bonchev–Trinajstić information content (AvgIpc) is 3.57. The number of rotatable bonds is 5. The van der Waals surface area contributed by atoms with Gasteiger partial charge in [-0.15, -0.1) is 0 Å². The zero-order valence-electron chi connectivity index (χ0n) is 18.7. The molecule has 1 aliphatic carbocycles. The van der Waals surface area contributed by atoms with E-state index in [1.807, 2.05) is 12.1 Å². The highest BCUT2D eigenvalue weighted by Gasteiger charge is 2.51. The molecule has 5 rings (SSSR count). The van der Waals surface area contributed by atoms with Gasteiger partial charge in [-0.1, -0.05) is 41.9 Å². The average molecular weight is 476 g/mol. The number of anilines is 1. The number of halogens is 1. The van der Waals surface area contributed by atoms with Crippen molar-refractivity contribution in [2.45, 2.75) is 38.0 Å². The van der Waals surface area contributed by atoms with Crippen LogP contribution in [0.3, 0.4) is 0 Å². The van der Waals surface area contributed by atoms with E-state index in [-0.39, 0.29) is 5.91 Å². The molecule has 0 atom stereocenters. The van der Waals surface area contributed by atoms with Gasteiger partial charge in [0.25, 0.3) is 0 Å². The Labute approximate surface area is 201 Å². The Hall–Kier alpha value is -3.64. The fourth-order valence-electron chi connectivity index (χ4n) is 4.76. The van der Waals surface area contributed by atoms with Crippen LogP contribution in [0.15, 0.2) is 60.7 Å². The maximum absolute atomic E-state index is 13.9. The Morgan fingerprint density at radius 3 is 1.79 bits per heavy atom. The predicted octanol–water partition coefficient (Wildman–Crippen LogP) is 5.35. The van der Waals surface area contributed by atoms with E-state index in [1.165, 1.54) is 13.8 Å². The van der Waals surface area contributed by atoms with E-state index in [0.29, 0.717) is 33.6 Å². The van der Waals surface area contributed by atoms with Gasteiger partial charge in [-0.05, 0) is 65.8 Å². The van der Waals surface area contributed by atoms with Crippen molar-refractivity contribution in [3.05, 3.63) is 87.9 Å². The summed E-state index contributed by atoms with van der Waals surface area (Å²) in [6.45, 7) is 2.67. The molecule has 0 aromatic heterocycles. The van der Waals surface area contributed by atoms with E-state index in [2.05, 4.69) is 5.32 Å². The minimum absolute atomic E-state index is 0.202. The quantitative estimate of drug-likeness (QED) is 0.397. The predicted molar refractivity (Wildman–Crippen MR) is 127 cm³/mol. The van der Waals surface area contributed by atoms with Crippen molar-refractivity contribution in [3.63, 3.8) is 0 Å². The largest absolute Gasteiger partial charge is 0.427 e. The molecule has 7 heteroatoms. The van der Waals surface area contributed by atoms with Crippen molar-refractivity contribution in [3.8, 4) is 11.5 Å². The number of fused-ring (bicyclic) bond motifs is 1. The van der Waals surface area contributed by atoms with Crippen molar-refractivity contribution >= 4 is 35.1 Å². The second-order valence-electron chi connectivity index (χ2n) is 8.60. The highest BCUT2D eigenvalue weighted by Crippen LogP contribution is 2.55. The van der Waals surface area contributed by atoms with Crippen molar-refractivity contribution < 1.29 is 23.9 Å². The number of carbonyl (C=O) groups is 3. The van der Waals surface area contributed by atoms with Gasteiger partial charge in [-0.2, -0.15) is 0 Å². The van der Waals surface area contributed by atoms with Crippen LogP contribution in [-0.4, -0.2) is 17.8 Å². The van der Waals surface area contributed by atoms with Crippen LogP contribution in [0.1, 0.15) is 54.9 Å². The van der Waals surface area contributed by atoms with Crippen LogP contribution in [-0.2, 0) is 19.8 Å². The number of esters is 2. The zero-order valence-corrected chi connectivity index (χ0v) is 19.4. The smallest absolute Gasteiger partial charge is 0.308 e. The lowest BCUT2D eigenvalue weighted by Crippen LogP contribution is -2.37. The highest BCUT2D eigenvalue weighted by molar-refractivity contribution is 6.32. The van der Waals surface area contributed by atoms with E-state index in [1.54, 1.807) is 48.5 Å². The number of carbonyl (C=O) groups excluding carboxylic acids is 3. The van der Waals surface area contributed by atoms with E-state index < -0.39 is 17.4 Å². The molecule has 34 heavy (non-hydrogen) atoms. The van der Waals surface area contributed by atoms with Crippen LogP contribution < -0.4 is 14.8 Å². The number of nitrogens with one attached hydrogen (secondary N) is 1. The summed E-state index contributed by atoms with van der Waals surface area (Å²) >= 11 is 6.57. The second-order valence-corrected chi connectivity index (χ2v) is 9.01. The molecule has 1 saturated carbocycles. The van der Waals surface area contributed by atoms with E-state index in [9.17, 15) is 14.4 Å². The maximum Gasteiger partial charge on any atom is 0.308 e. The van der Waals surface area contributed by atoms with Gasteiger partial charge in [-0.3, -0.25) is 14.4 Å². The number of benzene rings is 3. The summed E-state index contributed by atoms with van der Waals surface area (Å²) in [4.78, 5) is 36.6. The van der Waals surface area contributed by atoms with Crippen LogP contribution >= 0.6 is 11.6 Å². The fraction of sp³-hybridized carbons (Fsp3) is 0.222. The van der Waals surface area contributed by atoms with E-state index in [4.69, 9.17) is 21.1 Å². The highest BCUT2D eigenvalue weighted by atomic mass is 35.5. The van der Waals surface area contributed by atoms with Crippen LogP contribution in [0.2, 0.25) is 5.02 Å².